The normalized spacial score (nSPS) is 19.2. The van der Waals surface area contributed by atoms with Gasteiger partial charge in [-0.2, -0.15) is 0 Å². The first kappa shape index (κ1) is 14.0. The Balaban J connectivity index is 2.04. The minimum atomic E-state index is -0.361. The fourth-order valence-electron chi connectivity index (χ4n) is 3.22. The third-order valence-corrected chi connectivity index (χ3v) is 4.32. The lowest BCUT2D eigenvalue weighted by atomic mass is 9.99. The lowest BCUT2D eigenvalue weighted by Crippen LogP contribution is -2.44. The van der Waals surface area contributed by atoms with Crippen molar-refractivity contribution >= 4 is 11.6 Å². The first-order valence-electron chi connectivity index (χ1n) is 7.57. The van der Waals surface area contributed by atoms with Crippen LogP contribution in [-0.4, -0.2) is 32.8 Å². The summed E-state index contributed by atoms with van der Waals surface area (Å²) in [5.41, 5.74) is 1.76. The highest BCUT2D eigenvalue weighted by Gasteiger charge is 2.29. The molecular formula is C16H20FN3O. The first-order chi connectivity index (χ1) is 10.1. The molecule has 1 saturated heterocycles. The molecule has 0 saturated carbocycles. The topological polar surface area (TPSA) is 37.6 Å². The Hall–Kier alpha value is -1.91. The Morgan fingerprint density at radius 2 is 2.24 bits per heavy atom. The summed E-state index contributed by atoms with van der Waals surface area (Å²) in [5.74, 6) is -0.392. The number of amides is 1. The van der Waals surface area contributed by atoms with Crippen molar-refractivity contribution in [3.05, 3.63) is 35.5 Å². The number of aromatic nitrogens is 2. The molecule has 0 spiro atoms. The monoisotopic (exact) mass is 289 g/mol. The van der Waals surface area contributed by atoms with E-state index in [0.29, 0.717) is 17.0 Å². The Morgan fingerprint density at radius 1 is 1.43 bits per heavy atom. The summed E-state index contributed by atoms with van der Waals surface area (Å²) in [4.78, 5) is 19.2. The largest absolute Gasteiger partial charge is 0.334 e. The number of hydrogen-bond acceptors (Lipinski definition) is 2. The van der Waals surface area contributed by atoms with Crippen molar-refractivity contribution < 1.29 is 9.18 Å². The molecule has 1 atom stereocenters. The maximum Gasteiger partial charge on any atom is 0.273 e. The van der Waals surface area contributed by atoms with Gasteiger partial charge in [-0.3, -0.25) is 9.20 Å². The molecule has 21 heavy (non-hydrogen) atoms. The van der Waals surface area contributed by atoms with Crippen molar-refractivity contribution in [1.29, 1.82) is 0 Å². The van der Waals surface area contributed by atoms with Gasteiger partial charge in [-0.05, 0) is 44.7 Å². The Kier molecular flexibility index (Phi) is 3.66. The van der Waals surface area contributed by atoms with E-state index in [4.69, 9.17) is 0 Å². The summed E-state index contributed by atoms with van der Waals surface area (Å²) in [6, 6.07) is 3.25. The Morgan fingerprint density at radius 3 is 3.00 bits per heavy atom. The number of imidazole rings is 1. The van der Waals surface area contributed by atoms with Crippen LogP contribution >= 0.6 is 0 Å². The van der Waals surface area contributed by atoms with E-state index in [1.807, 2.05) is 11.8 Å². The van der Waals surface area contributed by atoms with E-state index < -0.39 is 0 Å². The standard InChI is InChI=1S/C16H20FN3O/c1-3-13-6-4-5-9-19(13)16(21)15-11(2)18-14-8-7-12(17)10-20(14)15/h7-8,10,13H,3-6,9H2,1-2H3. The van der Waals surface area contributed by atoms with Crippen LogP contribution in [-0.2, 0) is 0 Å². The average molecular weight is 289 g/mol. The van der Waals surface area contributed by atoms with Gasteiger partial charge in [-0.25, -0.2) is 9.37 Å². The highest BCUT2D eigenvalue weighted by Crippen LogP contribution is 2.23. The summed E-state index contributed by atoms with van der Waals surface area (Å²) in [7, 11) is 0. The number of carbonyl (C=O) groups excluding carboxylic acids is 1. The molecule has 0 aromatic carbocycles. The van der Waals surface area contributed by atoms with E-state index in [-0.39, 0.29) is 17.8 Å². The summed E-state index contributed by atoms with van der Waals surface area (Å²) in [5, 5.41) is 0. The van der Waals surface area contributed by atoms with E-state index in [0.717, 1.165) is 25.8 Å². The van der Waals surface area contributed by atoms with Crippen LogP contribution in [0.2, 0.25) is 0 Å². The molecule has 112 valence electrons. The van der Waals surface area contributed by atoms with Crippen LogP contribution in [0.3, 0.4) is 0 Å². The number of fused-ring (bicyclic) bond motifs is 1. The number of pyridine rings is 1. The smallest absolute Gasteiger partial charge is 0.273 e. The zero-order chi connectivity index (χ0) is 15.0. The SMILES string of the molecule is CCC1CCCCN1C(=O)c1c(C)nc2ccc(F)cn12. The average Bonchev–Trinajstić information content (AvgIpc) is 2.81. The van der Waals surface area contributed by atoms with Gasteiger partial charge in [0.2, 0.25) is 0 Å². The zero-order valence-electron chi connectivity index (χ0n) is 12.5. The van der Waals surface area contributed by atoms with Gasteiger partial charge in [0.1, 0.15) is 17.2 Å². The van der Waals surface area contributed by atoms with E-state index in [2.05, 4.69) is 11.9 Å². The third-order valence-electron chi connectivity index (χ3n) is 4.32. The van der Waals surface area contributed by atoms with Crippen molar-refractivity contribution in [2.24, 2.45) is 0 Å². The molecule has 1 aliphatic rings. The van der Waals surface area contributed by atoms with Gasteiger partial charge < -0.3 is 4.90 Å². The molecule has 1 fully saturated rings. The molecule has 0 N–H and O–H groups in total. The highest BCUT2D eigenvalue weighted by molar-refractivity contribution is 5.95. The molecule has 2 aromatic rings. The molecule has 0 radical (unpaired) electrons. The number of likely N-dealkylation sites (tertiary alicyclic amines) is 1. The van der Waals surface area contributed by atoms with Crippen molar-refractivity contribution in [3.63, 3.8) is 0 Å². The van der Waals surface area contributed by atoms with Gasteiger partial charge in [0, 0.05) is 18.8 Å². The molecule has 0 bridgehead atoms. The van der Waals surface area contributed by atoms with Crippen LogP contribution in [0.4, 0.5) is 4.39 Å². The molecule has 0 aliphatic carbocycles. The molecule has 1 amide bonds. The summed E-state index contributed by atoms with van der Waals surface area (Å²) >= 11 is 0. The van der Waals surface area contributed by atoms with Crippen LogP contribution in [0.5, 0.6) is 0 Å². The zero-order valence-corrected chi connectivity index (χ0v) is 12.5. The second-order valence-electron chi connectivity index (χ2n) is 5.68. The summed E-state index contributed by atoms with van der Waals surface area (Å²) < 4.78 is 15.1. The number of hydrogen-bond donors (Lipinski definition) is 0. The highest BCUT2D eigenvalue weighted by atomic mass is 19.1. The van der Waals surface area contributed by atoms with Crippen LogP contribution in [0.25, 0.3) is 5.65 Å². The van der Waals surface area contributed by atoms with E-state index >= 15 is 0 Å². The third kappa shape index (κ3) is 2.41. The molecule has 1 unspecified atom stereocenters. The molecule has 4 nitrogen and oxygen atoms in total. The van der Waals surface area contributed by atoms with Crippen molar-refractivity contribution in [2.45, 2.75) is 45.6 Å². The van der Waals surface area contributed by atoms with Gasteiger partial charge in [-0.15, -0.1) is 0 Å². The maximum atomic E-state index is 13.5. The molecule has 1 aliphatic heterocycles. The number of halogens is 1. The molecular weight excluding hydrogens is 269 g/mol. The van der Waals surface area contributed by atoms with Crippen LogP contribution < -0.4 is 0 Å². The fourth-order valence-corrected chi connectivity index (χ4v) is 3.22. The first-order valence-corrected chi connectivity index (χ1v) is 7.57. The number of rotatable bonds is 2. The van der Waals surface area contributed by atoms with Crippen molar-refractivity contribution in [1.82, 2.24) is 14.3 Å². The number of piperidine rings is 1. The van der Waals surface area contributed by atoms with E-state index in [9.17, 15) is 9.18 Å². The quantitative estimate of drug-likeness (QED) is 0.851. The van der Waals surface area contributed by atoms with Crippen LogP contribution in [0, 0.1) is 12.7 Å². The van der Waals surface area contributed by atoms with E-state index in [1.54, 1.807) is 10.5 Å². The summed E-state index contributed by atoms with van der Waals surface area (Å²) in [6.45, 7) is 4.69. The Bertz CT molecular complexity index is 679. The van der Waals surface area contributed by atoms with E-state index in [1.165, 1.54) is 18.7 Å². The van der Waals surface area contributed by atoms with Crippen LogP contribution in [0.15, 0.2) is 18.3 Å². The fraction of sp³-hybridized carbons (Fsp3) is 0.500. The Labute approximate surface area is 123 Å². The van der Waals surface area contributed by atoms with Crippen molar-refractivity contribution in [3.8, 4) is 0 Å². The number of nitrogens with zero attached hydrogens (tertiary/aromatic N) is 3. The minimum Gasteiger partial charge on any atom is -0.334 e. The lowest BCUT2D eigenvalue weighted by Gasteiger charge is -2.35. The molecule has 3 rings (SSSR count). The second-order valence-corrected chi connectivity index (χ2v) is 5.68. The number of aryl methyl sites for hydroxylation is 1. The predicted octanol–water partition coefficient (Wildman–Crippen LogP) is 3.19. The van der Waals surface area contributed by atoms with Gasteiger partial charge >= 0.3 is 0 Å². The van der Waals surface area contributed by atoms with Gasteiger partial charge in [-0.1, -0.05) is 6.92 Å². The van der Waals surface area contributed by atoms with Gasteiger partial charge in [0.05, 0.1) is 5.69 Å². The van der Waals surface area contributed by atoms with Gasteiger partial charge in [0.15, 0.2) is 0 Å². The van der Waals surface area contributed by atoms with Crippen molar-refractivity contribution in [2.75, 3.05) is 6.54 Å². The van der Waals surface area contributed by atoms with Crippen LogP contribution in [0.1, 0.15) is 48.8 Å². The maximum absolute atomic E-state index is 13.5. The lowest BCUT2D eigenvalue weighted by molar-refractivity contribution is 0.0600. The molecule has 2 aromatic heterocycles. The second kappa shape index (κ2) is 5.47. The minimum absolute atomic E-state index is 0.0304. The summed E-state index contributed by atoms with van der Waals surface area (Å²) in [6.07, 6.45) is 5.55. The molecule has 5 heteroatoms. The number of carbonyl (C=O) groups is 1. The predicted molar refractivity (Wildman–Crippen MR) is 78.9 cm³/mol. The molecule has 3 heterocycles. The van der Waals surface area contributed by atoms with Gasteiger partial charge in [0.25, 0.3) is 5.91 Å².